The number of hydrogen-bond donors (Lipinski definition) is 0. The highest BCUT2D eigenvalue weighted by molar-refractivity contribution is 6.28. The zero-order valence-electron chi connectivity index (χ0n) is 15.6. The van der Waals surface area contributed by atoms with Gasteiger partial charge in [0.2, 0.25) is 5.28 Å². The topological polar surface area (TPSA) is 57.0 Å². The van der Waals surface area contributed by atoms with E-state index in [1.807, 2.05) is 6.92 Å². The largest absolute Gasteiger partial charge is 0.466 e. The Labute approximate surface area is 166 Å². The van der Waals surface area contributed by atoms with Crippen LogP contribution in [0.3, 0.4) is 0 Å². The number of rotatable bonds is 3. The molecule has 6 rings (SSSR count). The van der Waals surface area contributed by atoms with Gasteiger partial charge in [0.05, 0.1) is 24.1 Å². The standard InChI is InChI=1S/C21H21ClFN3O2/c1-2-28-20(27)17-11-3-5-12(6-4-11)18(17)26-16-8-7-13(23)9-14(16)15-10-24-21(22)25-19(15)26/h7-12,17-18H,2-6H2,1H3/t11?,12?,17-,18-/m0/s1. The maximum absolute atomic E-state index is 14.0. The van der Waals surface area contributed by atoms with Crippen LogP contribution in [0, 0.1) is 23.6 Å². The van der Waals surface area contributed by atoms with Crippen molar-refractivity contribution in [2.75, 3.05) is 6.61 Å². The van der Waals surface area contributed by atoms with Crippen LogP contribution in [0.5, 0.6) is 0 Å². The fraction of sp³-hybridized carbons (Fsp3) is 0.476. The molecule has 0 amide bonds. The van der Waals surface area contributed by atoms with Crippen molar-refractivity contribution in [1.29, 1.82) is 0 Å². The summed E-state index contributed by atoms with van der Waals surface area (Å²) in [5.41, 5.74) is 1.52. The van der Waals surface area contributed by atoms with Gasteiger partial charge in [-0.15, -0.1) is 0 Å². The van der Waals surface area contributed by atoms with Gasteiger partial charge in [0, 0.05) is 17.0 Å². The fourth-order valence-corrected chi connectivity index (χ4v) is 5.56. The third kappa shape index (κ3) is 2.61. The summed E-state index contributed by atoms with van der Waals surface area (Å²) in [5.74, 6) is -0.00544. The zero-order chi connectivity index (χ0) is 19.4. The number of ether oxygens (including phenoxy) is 1. The van der Waals surface area contributed by atoms with E-state index < -0.39 is 0 Å². The number of carbonyl (C=O) groups is 1. The van der Waals surface area contributed by atoms with Crippen LogP contribution in [0.15, 0.2) is 24.4 Å². The quantitative estimate of drug-likeness (QED) is 0.462. The maximum Gasteiger partial charge on any atom is 0.311 e. The number of nitrogens with zero attached hydrogens (tertiary/aromatic N) is 3. The molecular formula is C21H21ClFN3O2. The average Bonchev–Trinajstić information content (AvgIpc) is 3.00. The highest BCUT2D eigenvalue weighted by atomic mass is 35.5. The summed E-state index contributed by atoms with van der Waals surface area (Å²) in [4.78, 5) is 21.5. The number of aromatic nitrogens is 3. The van der Waals surface area contributed by atoms with Gasteiger partial charge < -0.3 is 9.30 Å². The summed E-state index contributed by atoms with van der Waals surface area (Å²) in [6, 6.07) is 4.66. The van der Waals surface area contributed by atoms with Gasteiger partial charge in [-0.3, -0.25) is 4.79 Å². The number of hydrogen-bond acceptors (Lipinski definition) is 4. The normalized spacial score (nSPS) is 26.8. The van der Waals surface area contributed by atoms with E-state index in [9.17, 15) is 9.18 Å². The van der Waals surface area contributed by atoms with Gasteiger partial charge in [0.15, 0.2) is 0 Å². The molecule has 0 spiro atoms. The third-order valence-corrected chi connectivity index (χ3v) is 6.69. The number of esters is 1. The molecule has 0 radical (unpaired) electrons. The minimum Gasteiger partial charge on any atom is -0.466 e. The molecular weight excluding hydrogens is 381 g/mol. The van der Waals surface area contributed by atoms with Crippen LogP contribution in [0.4, 0.5) is 4.39 Å². The Morgan fingerprint density at radius 3 is 2.75 bits per heavy atom. The van der Waals surface area contributed by atoms with Gasteiger partial charge in [-0.05, 0) is 74.2 Å². The number of benzene rings is 1. The maximum atomic E-state index is 14.0. The second kappa shape index (κ2) is 6.69. The number of fused-ring (bicyclic) bond motifs is 6. The molecule has 0 aliphatic heterocycles. The van der Waals surface area contributed by atoms with E-state index in [-0.39, 0.29) is 29.0 Å². The summed E-state index contributed by atoms with van der Waals surface area (Å²) in [6.45, 7) is 2.20. The molecule has 7 heteroatoms. The Morgan fingerprint density at radius 2 is 2.00 bits per heavy atom. The van der Waals surface area contributed by atoms with Gasteiger partial charge in [0.25, 0.3) is 0 Å². The molecule has 0 unspecified atom stereocenters. The lowest BCUT2D eigenvalue weighted by molar-refractivity contribution is -0.157. The van der Waals surface area contributed by atoms with E-state index >= 15 is 0 Å². The Balaban J connectivity index is 1.78. The Morgan fingerprint density at radius 1 is 1.25 bits per heavy atom. The Kier molecular flexibility index (Phi) is 4.27. The minimum absolute atomic E-state index is 0.0667. The van der Waals surface area contributed by atoms with Gasteiger partial charge in [-0.1, -0.05) is 0 Å². The monoisotopic (exact) mass is 401 g/mol. The highest BCUT2D eigenvalue weighted by Crippen LogP contribution is 2.53. The zero-order valence-corrected chi connectivity index (χ0v) is 16.3. The van der Waals surface area contributed by atoms with Gasteiger partial charge in [-0.2, -0.15) is 4.98 Å². The van der Waals surface area contributed by atoms with E-state index in [0.29, 0.717) is 24.1 Å². The van der Waals surface area contributed by atoms with E-state index in [1.165, 1.54) is 12.1 Å². The van der Waals surface area contributed by atoms with Gasteiger partial charge >= 0.3 is 5.97 Å². The molecule has 0 N–H and O–H groups in total. The van der Waals surface area contributed by atoms with Crippen molar-refractivity contribution < 1.29 is 13.9 Å². The average molecular weight is 402 g/mol. The van der Waals surface area contributed by atoms with E-state index in [2.05, 4.69) is 14.5 Å². The van der Waals surface area contributed by atoms with Gasteiger partial charge in [-0.25, -0.2) is 9.37 Å². The molecule has 2 atom stereocenters. The molecule has 2 aromatic heterocycles. The van der Waals surface area contributed by atoms with E-state index in [4.69, 9.17) is 16.3 Å². The van der Waals surface area contributed by atoms with Crippen molar-refractivity contribution in [2.24, 2.45) is 17.8 Å². The van der Waals surface area contributed by atoms with E-state index in [0.717, 1.165) is 42.0 Å². The summed E-state index contributed by atoms with van der Waals surface area (Å²) >= 11 is 6.11. The molecule has 3 saturated carbocycles. The summed E-state index contributed by atoms with van der Waals surface area (Å²) in [5, 5.41) is 1.64. The van der Waals surface area contributed by atoms with Crippen LogP contribution >= 0.6 is 11.6 Å². The van der Waals surface area contributed by atoms with Crippen LogP contribution in [0.1, 0.15) is 38.6 Å². The molecule has 2 heterocycles. The molecule has 146 valence electrons. The SMILES string of the molecule is CCOC(=O)[C@H]1C2CCC(CC2)[C@@H]1n1c2ccc(F)cc2c2cnc(Cl)nc21. The molecule has 5 nitrogen and oxygen atoms in total. The molecule has 1 aromatic carbocycles. The van der Waals surface area contributed by atoms with Crippen LogP contribution in [0.25, 0.3) is 21.9 Å². The molecule has 3 aliphatic rings. The molecule has 3 aliphatic carbocycles. The molecule has 3 aromatic rings. The van der Waals surface area contributed by atoms with Crippen molar-refractivity contribution in [1.82, 2.24) is 14.5 Å². The van der Waals surface area contributed by atoms with Crippen LogP contribution in [0.2, 0.25) is 5.28 Å². The molecule has 0 saturated heterocycles. The second-order valence-electron chi connectivity index (χ2n) is 7.85. The summed E-state index contributed by atoms with van der Waals surface area (Å²) in [7, 11) is 0. The van der Waals surface area contributed by atoms with Crippen molar-refractivity contribution in [3.8, 4) is 0 Å². The molecule has 2 bridgehead atoms. The number of carbonyl (C=O) groups excluding carboxylic acids is 1. The van der Waals surface area contributed by atoms with Crippen molar-refractivity contribution in [3.05, 3.63) is 35.5 Å². The van der Waals surface area contributed by atoms with Crippen molar-refractivity contribution in [3.63, 3.8) is 0 Å². The van der Waals surface area contributed by atoms with Crippen LogP contribution in [-0.4, -0.2) is 27.1 Å². The molecule has 3 fully saturated rings. The lowest BCUT2D eigenvalue weighted by Crippen LogP contribution is -2.45. The first-order valence-electron chi connectivity index (χ1n) is 9.86. The lowest BCUT2D eigenvalue weighted by atomic mass is 9.61. The first-order valence-corrected chi connectivity index (χ1v) is 10.2. The summed E-state index contributed by atoms with van der Waals surface area (Å²) in [6.07, 6.45) is 5.89. The predicted molar refractivity (Wildman–Crippen MR) is 105 cm³/mol. The van der Waals surface area contributed by atoms with Crippen LogP contribution in [-0.2, 0) is 9.53 Å². The first-order chi connectivity index (χ1) is 13.6. The Bertz CT molecular complexity index is 1070. The van der Waals surface area contributed by atoms with Crippen LogP contribution < -0.4 is 0 Å². The predicted octanol–water partition coefficient (Wildman–Crippen LogP) is 4.92. The molecule has 28 heavy (non-hydrogen) atoms. The minimum atomic E-state index is -0.311. The lowest BCUT2D eigenvalue weighted by Gasteiger charge is -2.48. The first kappa shape index (κ1) is 17.9. The second-order valence-corrected chi connectivity index (χ2v) is 8.19. The summed E-state index contributed by atoms with van der Waals surface area (Å²) < 4.78 is 21.6. The number of halogens is 2. The van der Waals surface area contributed by atoms with E-state index in [1.54, 1.807) is 12.3 Å². The fourth-order valence-electron chi connectivity index (χ4n) is 5.44. The third-order valence-electron chi connectivity index (χ3n) is 6.51. The van der Waals surface area contributed by atoms with Gasteiger partial charge in [0.1, 0.15) is 11.5 Å². The smallest absolute Gasteiger partial charge is 0.311 e. The highest BCUT2D eigenvalue weighted by Gasteiger charge is 2.49. The van der Waals surface area contributed by atoms with Crippen molar-refractivity contribution in [2.45, 2.75) is 38.6 Å². The van der Waals surface area contributed by atoms with Crippen molar-refractivity contribution >= 4 is 39.5 Å². The Hall–Kier alpha value is -2.21.